The van der Waals surface area contributed by atoms with Crippen LogP contribution < -0.4 is 10.1 Å². The van der Waals surface area contributed by atoms with Crippen LogP contribution in [0.1, 0.15) is 44.2 Å². The molecule has 1 amide bonds. The number of nitrogens with zero attached hydrogens (tertiary/aromatic N) is 1. The molecule has 0 aliphatic carbocycles. The van der Waals surface area contributed by atoms with E-state index in [4.69, 9.17) is 10.00 Å². The van der Waals surface area contributed by atoms with Gasteiger partial charge in [0, 0.05) is 12.1 Å². The number of amides is 1. The third-order valence-electron chi connectivity index (χ3n) is 2.85. The van der Waals surface area contributed by atoms with Crippen LogP contribution in [0.5, 0.6) is 5.75 Å². The first-order valence-electron chi connectivity index (χ1n) is 6.80. The maximum atomic E-state index is 12.9. The normalized spacial score (nSPS) is 11.8. The van der Waals surface area contributed by atoms with Gasteiger partial charge in [0.15, 0.2) is 6.10 Å². The van der Waals surface area contributed by atoms with Crippen molar-refractivity contribution >= 4 is 5.91 Å². The summed E-state index contributed by atoms with van der Waals surface area (Å²) in [7, 11) is 0. The summed E-state index contributed by atoms with van der Waals surface area (Å²) in [6, 6.07) is 5.53. The van der Waals surface area contributed by atoms with Crippen molar-refractivity contribution in [2.45, 2.75) is 39.2 Å². The number of hydrogen-bond donors (Lipinski definition) is 1. The highest BCUT2D eigenvalue weighted by atomic mass is 19.3. The first kappa shape index (κ1) is 16.9. The van der Waals surface area contributed by atoms with Gasteiger partial charge in [-0.05, 0) is 31.5 Å². The van der Waals surface area contributed by atoms with Gasteiger partial charge in [0.25, 0.3) is 12.3 Å². The molecule has 0 heterocycles. The van der Waals surface area contributed by atoms with Crippen molar-refractivity contribution in [3.8, 4) is 11.8 Å². The SMILES string of the molecule is CCCC(Oc1ccc(C#N)c(C(F)F)c1)C(=O)NCC. The van der Waals surface area contributed by atoms with Gasteiger partial charge in [-0.1, -0.05) is 13.3 Å². The van der Waals surface area contributed by atoms with Gasteiger partial charge in [0.05, 0.1) is 11.6 Å². The number of nitrogens with one attached hydrogen (secondary N) is 1. The summed E-state index contributed by atoms with van der Waals surface area (Å²) in [4.78, 5) is 11.8. The van der Waals surface area contributed by atoms with Crippen molar-refractivity contribution in [1.29, 1.82) is 5.26 Å². The summed E-state index contributed by atoms with van der Waals surface area (Å²) in [5.74, 6) is -0.115. The molecule has 0 aromatic heterocycles. The molecule has 114 valence electrons. The number of carbonyl (C=O) groups is 1. The van der Waals surface area contributed by atoms with E-state index in [2.05, 4.69) is 5.32 Å². The Balaban J connectivity index is 2.96. The van der Waals surface area contributed by atoms with Crippen LogP contribution in [0, 0.1) is 11.3 Å². The monoisotopic (exact) mass is 296 g/mol. The molecule has 1 unspecified atom stereocenters. The highest BCUT2D eigenvalue weighted by Crippen LogP contribution is 2.27. The zero-order valence-corrected chi connectivity index (χ0v) is 12.0. The molecule has 0 saturated carbocycles. The van der Waals surface area contributed by atoms with Crippen LogP contribution >= 0.6 is 0 Å². The second-order valence-electron chi connectivity index (χ2n) is 4.45. The molecule has 0 aliphatic rings. The molecule has 21 heavy (non-hydrogen) atoms. The summed E-state index contributed by atoms with van der Waals surface area (Å²) in [5.41, 5.74) is -0.483. The Bertz CT molecular complexity index is 527. The molecule has 1 aromatic rings. The van der Waals surface area contributed by atoms with Gasteiger partial charge in [-0.25, -0.2) is 8.78 Å². The van der Waals surface area contributed by atoms with Gasteiger partial charge in [-0.2, -0.15) is 5.26 Å². The topological polar surface area (TPSA) is 62.1 Å². The standard InChI is InChI=1S/C15H18F2N2O2/c1-3-5-13(15(20)19-4-2)21-11-7-6-10(9-18)12(8-11)14(16)17/h6-8,13-14H,3-5H2,1-2H3,(H,19,20). The smallest absolute Gasteiger partial charge is 0.265 e. The molecule has 1 N–H and O–H groups in total. The predicted octanol–water partition coefficient (Wildman–Crippen LogP) is 3.18. The van der Waals surface area contributed by atoms with Crippen molar-refractivity contribution in [1.82, 2.24) is 5.32 Å². The molecule has 0 bridgehead atoms. The van der Waals surface area contributed by atoms with Crippen LogP contribution in [-0.2, 0) is 4.79 Å². The average molecular weight is 296 g/mol. The number of nitriles is 1. The Kier molecular flexibility index (Phi) is 6.60. The Labute approximate surface area is 122 Å². The predicted molar refractivity (Wildman–Crippen MR) is 74.1 cm³/mol. The van der Waals surface area contributed by atoms with Crippen molar-refractivity contribution in [3.05, 3.63) is 29.3 Å². The van der Waals surface area contributed by atoms with E-state index in [0.29, 0.717) is 13.0 Å². The van der Waals surface area contributed by atoms with Crippen LogP contribution in [0.4, 0.5) is 8.78 Å². The lowest BCUT2D eigenvalue weighted by molar-refractivity contribution is -0.128. The zero-order chi connectivity index (χ0) is 15.8. The molecule has 0 spiro atoms. The number of alkyl halides is 2. The molecule has 6 heteroatoms. The van der Waals surface area contributed by atoms with Gasteiger partial charge in [-0.15, -0.1) is 0 Å². The molecular formula is C15H18F2N2O2. The van der Waals surface area contributed by atoms with Crippen LogP contribution in [0.2, 0.25) is 0 Å². The van der Waals surface area contributed by atoms with Gasteiger partial charge >= 0.3 is 0 Å². The minimum atomic E-state index is -2.77. The lowest BCUT2D eigenvalue weighted by Crippen LogP contribution is -2.38. The zero-order valence-electron chi connectivity index (χ0n) is 12.0. The van der Waals surface area contributed by atoms with Crippen molar-refractivity contribution in [2.24, 2.45) is 0 Å². The van der Waals surface area contributed by atoms with E-state index >= 15 is 0 Å². The maximum Gasteiger partial charge on any atom is 0.265 e. The van der Waals surface area contributed by atoms with Crippen LogP contribution in [0.15, 0.2) is 18.2 Å². The number of likely N-dealkylation sites (N-methyl/N-ethyl adjacent to an activating group) is 1. The Morgan fingerprint density at radius 3 is 2.67 bits per heavy atom. The molecular weight excluding hydrogens is 278 g/mol. The van der Waals surface area contributed by atoms with E-state index in [-0.39, 0.29) is 22.8 Å². The Morgan fingerprint density at radius 1 is 1.43 bits per heavy atom. The van der Waals surface area contributed by atoms with Crippen LogP contribution in [0.3, 0.4) is 0 Å². The van der Waals surface area contributed by atoms with E-state index in [9.17, 15) is 13.6 Å². The summed E-state index contributed by atoms with van der Waals surface area (Å²) in [5, 5.41) is 11.4. The van der Waals surface area contributed by atoms with Crippen molar-refractivity contribution < 1.29 is 18.3 Å². The van der Waals surface area contributed by atoms with E-state index in [0.717, 1.165) is 12.5 Å². The second-order valence-corrected chi connectivity index (χ2v) is 4.45. The minimum absolute atomic E-state index is 0.0950. The lowest BCUT2D eigenvalue weighted by Gasteiger charge is -2.18. The first-order chi connectivity index (χ1) is 10.0. The van der Waals surface area contributed by atoms with Crippen molar-refractivity contribution in [3.63, 3.8) is 0 Å². The van der Waals surface area contributed by atoms with Crippen molar-refractivity contribution in [2.75, 3.05) is 6.54 Å². The molecule has 0 aliphatic heterocycles. The Morgan fingerprint density at radius 2 is 2.14 bits per heavy atom. The number of hydrogen-bond acceptors (Lipinski definition) is 3. The molecule has 4 nitrogen and oxygen atoms in total. The first-order valence-corrected chi connectivity index (χ1v) is 6.80. The fourth-order valence-electron chi connectivity index (χ4n) is 1.85. The summed E-state index contributed by atoms with van der Waals surface area (Å²) >= 11 is 0. The fourth-order valence-corrected chi connectivity index (χ4v) is 1.85. The minimum Gasteiger partial charge on any atom is -0.481 e. The number of halogens is 2. The fraction of sp³-hybridized carbons (Fsp3) is 0.467. The van der Waals surface area contributed by atoms with E-state index in [1.54, 1.807) is 13.0 Å². The summed E-state index contributed by atoms with van der Waals surface area (Å²) in [6.07, 6.45) is -2.29. The highest BCUT2D eigenvalue weighted by molar-refractivity contribution is 5.81. The maximum absolute atomic E-state index is 12.9. The molecule has 1 atom stereocenters. The number of rotatable bonds is 7. The van der Waals surface area contributed by atoms with Gasteiger partial charge in [-0.3, -0.25) is 4.79 Å². The molecule has 0 fully saturated rings. The second kappa shape index (κ2) is 8.20. The molecule has 0 saturated heterocycles. The highest BCUT2D eigenvalue weighted by Gasteiger charge is 2.20. The van der Waals surface area contributed by atoms with E-state index in [1.807, 2.05) is 6.92 Å². The summed E-state index contributed by atoms with van der Waals surface area (Å²) < 4.78 is 31.3. The van der Waals surface area contributed by atoms with Gasteiger partial charge in [0.2, 0.25) is 0 Å². The number of ether oxygens (including phenoxy) is 1. The van der Waals surface area contributed by atoms with Gasteiger partial charge in [0.1, 0.15) is 5.75 Å². The number of carbonyl (C=O) groups excluding carboxylic acids is 1. The van der Waals surface area contributed by atoms with E-state index in [1.165, 1.54) is 12.1 Å². The molecule has 1 aromatic carbocycles. The average Bonchev–Trinajstić information content (AvgIpc) is 2.46. The number of benzene rings is 1. The van der Waals surface area contributed by atoms with Gasteiger partial charge < -0.3 is 10.1 Å². The largest absolute Gasteiger partial charge is 0.481 e. The summed E-state index contributed by atoms with van der Waals surface area (Å²) in [6.45, 7) is 4.16. The quantitative estimate of drug-likeness (QED) is 0.840. The Hall–Kier alpha value is -2.16. The molecule has 1 rings (SSSR count). The molecule has 0 radical (unpaired) electrons. The van der Waals surface area contributed by atoms with Crippen LogP contribution in [0.25, 0.3) is 0 Å². The third kappa shape index (κ3) is 4.71. The third-order valence-corrected chi connectivity index (χ3v) is 2.85. The lowest BCUT2D eigenvalue weighted by atomic mass is 10.1. The van der Waals surface area contributed by atoms with E-state index < -0.39 is 12.5 Å². The van der Waals surface area contributed by atoms with Crippen LogP contribution in [-0.4, -0.2) is 18.6 Å².